The van der Waals surface area contributed by atoms with E-state index in [-0.39, 0.29) is 0 Å². The third-order valence-corrected chi connectivity index (χ3v) is 3.57. The van der Waals surface area contributed by atoms with Crippen LogP contribution in [0.25, 0.3) is 0 Å². The van der Waals surface area contributed by atoms with Gasteiger partial charge in [0.05, 0.1) is 0 Å². The first-order valence-electron chi connectivity index (χ1n) is 6.16. The largest absolute Gasteiger partial charge is 0.319 e. The summed E-state index contributed by atoms with van der Waals surface area (Å²) < 4.78 is 0. The summed E-state index contributed by atoms with van der Waals surface area (Å²) in [7, 11) is 0. The number of rotatable bonds is 4. The van der Waals surface area contributed by atoms with E-state index in [1.807, 2.05) is 43.5 Å². The Morgan fingerprint density at radius 3 is 2.40 bits per heavy atom. The number of ketones is 1. The summed E-state index contributed by atoms with van der Waals surface area (Å²) in [4.78, 5) is 25.0. The zero-order valence-electron chi connectivity index (χ0n) is 11.3. The van der Waals surface area contributed by atoms with Crippen LogP contribution in [0.4, 0.5) is 5.69 Å². The van der Waals surface area contributed by atoms with Crippen molar-refractivity contribution in [3.63, 3.8) is 0 Å². The Morgan fingerprint density at radius 1 is 1.05 bits per heavy atom. The average Bonchev–Trinajstić information content (AvgIpc) is 2.47. The number of carbonyl (C=O) groups is 2. The molecule has 0 aromatic heterocycles. The summed E-state index contributed by atoms with van der Waals surface area (Å²) in [6.45, 7) is 1.93. The molecule has 20 heavy (non-hydrogen) atoms. The number of thioether (sulfide) groups is 1. The normalized spacial score (nSPS) is 10.1. The minimum atomic E-state index is -0.618. The molecule has 0 bridgehead atoms. The lowest BCUT2D eigenvalue weighted by Gasteiger charge is -2.06. The topological polar surface area (TPSA) is 46.2 Å². The first-order valence-corrected chi connectivity index (χ1v) is 7.39. The fourth-order valence-electron chi connectivity index (χ4n) is 1.72. The number of aryl methyl sites for hydroxylation is 1. The highest BCUT2D eigenvalue weighted by Crippen LogP contribution is 2.19. The highest BCUT2D eigenvalue weighted by atomic mass is 32.2. The second kappa shape index (κ2) is 6.39. The van der Waals surface area contributed by atoms with E-state index in [1.165, 1.54) is 0 Å². The van der Waals surface area contributed by atoms with Crippen LogP contribution in [-0.2, 0) is 4.79 Å². The highest BCUT2D eigenvalue weighted by Gasteiger charge is 2.16. The van der Waals surface area contributed by atoms with Crippen molar-refractivity contribution in [1.29, 1.82) is 0 Å². The minimum Gasteiger partial charge on any atom is -0.319 e. The van der Waals surface area contributed by atoms with Gasteiger partial charge in [-0.05, 0) is 31.4 Å². The van der Waals surface area contributed by atoms with Gasteiger partial charge in [-0.3, -0.25) is 9.59 Å². The van der Waals surface area contributed by atoms with Crippen molar-refractivity contribution in [2.24, 2.45) is 0 Å². The number of hydrogen-bond acceptors (Lipinski definition) is 3. The number of anilines is 1. The number of amides is 1. The Kier molecular flexibility index (Phi) is 4.58. The molecule has 0 atom stereocenters. The number of Topliss-reactive ketones (excluding diaryl/α,β-unsaturated/α-hetero) is 1. The molecule has 0 aliphatic heterocycles. The van der Waals surface area contributed by atoms with Crippen molar-refractivity contribution >= 4 is 29.1 Å². The molecule has 0 aliphatic carbocycles. The van der Waals surface area contributed by atoms with Gasteiger partial charge >= 0.3 is 0 Å². The van der Waals surface area contributed by atoms with Crippen LogP contribution in [0, 0.1) is 6.92 Å². The second-order valence-corrected chi connectivity index (χ2v) is 5.26. The standard InChI is InChI=1S/C16H15NO2S/c1-11-6-8-12(9-7-11)15(18)16(19)17-13-4-3-5-14(10-13)20-2/h3-10H,1-2H3,(H,17,19). The zero-order chi connectivity index (χ0) is 14.5. The van der Waals surface area contributed by atoms with Crippen LogP contribution in [0.1, 0.15) is 15.9 Å². The molecule has 0 radical (unpaired) electrons. The summed E-state index contributed by atoms with van der Waals surface area (Å²) in [6, 6.07) is 14.3. The van der Waals surface area contributed by atoms with Crippen molar-refractivity contribution in [1.82, 2.24) is 0 Å². The monoisotopic (exact) mass is 285 g/mol. The first-order chi connectivity index (χ1) is 9.60. The Balaban J connectivity index is 2.11. The minimum absolute atomic E-state index is 0.397. The van der Waals surface area contributed by atoms with E-state index in [4.69, 9.17) is 0 Å². The number of nitrogens with one attached hydrogen (secondary N) is 1. The van der Waals surface area contributed by atoms with E-state index in [0.717, 1.165) is 10.5 Å². The maximum atomic E-state index is 12.0. The molecule has 0 spiro atoms. The molecule has 0 saturated carbocycles. The Morgan fingerprint density at radius 2 is 1.75 bits per heavy atom. The van der Waals surface area contributed by atoms with Crippen LogP contribution in [0.15, 0.2) is 53.4 Å². The predicted molar refractivity (Wildman–Crippen MR) is 82.4 cm³/mol. The van der Waals surface area contributed by atoms with Crippen molar-refractivity contribution < 1.29 is 9.59 Å². The molecule has 2 aromatic carbocycles. The van der Waals surface area contributed by atoms with Gasteiger partial charge in [-0.1, -0.05) is 35.9 Å². The molecule has 2 aromatic rings. The summed E-state index contributed by atoms with van der Waals surface area (Å²) in [5.74, 6) is -1.15. The summed E-state index contributed by atoms with van der Waals surface area (Å²) in [6.07, 6.45) is 1.96. The van der Waals surface area contributed by atoms with E-state index >= 15 is 0 Å². The van der Waals surface area contributed by atoms with Crippen molar-refractivity contribution in [3.05, 3.63) is 59.7 Å². The first kappa shape index (κ1) is 14.3. The van der Waals surface area contributed by atoms with Crippen molar-refractivity contribution in [2.45, 2.75) is 11.8 Å². The van der Waals surface area contributed by atoms with Gasteiger partial charge < -0.3 is 5.32 Å². The van der Waals surface area contributed by atoms with Gasteiger partial charge in [0.1, 0.15) is 0 Å². The third-order valence-electron chi connectivity index (χ3n) is 2.85. The highest BCUT2D eigenvalue weighted by molar-refractivity contribution is 7.98. The van der Waals surface area contributed by atoms with E-state index < -0.39 is 11.7 Å². The number of carbonyl (C=O) groups excluding carboxylic acids is 2. The van der Waals surface area contributed by atoms with Crippen LogP contribution < -0.4 is 5.32 Å². The SMILES string of the molecule is CSc1cccc(NC(=O)C(=O)c2ccc(C)cc2)c1. The quantitative estimate of drug-likeness (QED) is 0.531. The van der Waals surface area contributed by atoms with Gasteiger partial charge in [0.2, 0.25) is 0 Å². The second-order valence-electron chi connectivity index (χ2n) is 4.38. The van der Waals surface area contributed by atoms with E-state index in [1.54, 1.807) is 30.0 Å². The van der Waals surface area contributed by atoms with Gasteiger partial charge in [0.25, 0.3) is 11.7 Å². The van der Waals surface area contributed by atoms with Crippen molar-refractivity contribution in [2.75, 3.05) is 11.6 Å². The fraction of sp³-hybridized carbons (Fsp3) is 0.125. The van der Waals surface area contributed by atoms with Crippen LogP contribution >= 0.6 is 11.8 Å². The van der Waals surface area contributed by atoms with E-state index in [2.05, 4.69) is 5.32 Å². The van der Waals surface area contributed by atoms with Gasteiger partial charge in [0.15, 0.2) is 0 Å². The van der Waals surface area contributed by atoms with Crippen LogP contribution in [-0.4, -0.2) is 17.9 Å². The maximum Gasteiger partial charge on any atom is 0.296 e. The van der Waals surface area contributed by atoms with Crippen LogP contribution in [0.5, 0.6) is 0 Å². The smallest absolute Gasteiger partial charge is 0.296 e. The molecule has 102 valence electrons. The molecule has 1 N–H and O–H groups in total. The summed E-state index contributed by atoms with van der Waals surface area (Å²) in [5.41, 5.74) is 2.08. The van der Waals surface area contributed by atoms with E-state index in [9.17, 15) is 9.59 Å². The zero-order valence-corrected chi connectivity index (χ0v) is 12.2. The van der Waals surface area contributed by atoms with Gasteiger partial charge in [-0.15, -0.1) is 11.8 Å². The predicted octanol–water partition coefficient (Wildman–Crippen LogP) is 3.54. The lowest BCUT2D eigenvalue weighted by atomic mass is 10.1. The van der Waals surface area contributed by atoms with Crippen LogP contribution in [0.2, 0.25) is 0 Å². The summed E-state index contributed by atoms with van der Waals surface area (Å²) >= 11 is 1.58. The van der Waals surface area contributed by atoms with Crippen molar-refractivity contribution in [3.8, 4) is 0 Å². The molecule has 3 nitrogen and oxygen atoms in total. The van der Waals surface area contributed by atoms with Gasteiger partial charge in [-0.2, -0.15) is 0 Å². The number of hydrogen-bond donors (Lipinski definition) is 1. The number of benzene rings is 2. The molecule has 0 heterocycles. The molecule has 0 fully saturated rings. The lowest BCUT2D eigenvalue weighted by Crippen LogP contribution is -2.22. The van der Waals surface area contributed by atoms with Gasteiger partial charge in [0, 0.05) is 16.1 Å². The fourth-order valence-corrected chi connectivity index (χ4v) is 2.18. The molecular weight excluding hydrogens is 270 g/mol. The van der Waals surface area contributed by atoms with Gasteiger partial charge in [-0.25, -0.2) is 0 Å². The third kappa shape index (κ3) is 3.48. The Hall–Kier alpha value is -2.07. The molecule has 4 heteroatoms. The van der Waals surface area contributed by atoms with Crippen LogP contribution in [0.3, 0.4) is 0 Å². The Labute approximate surface area is 122 Å². The molecule has 2 rings (SSSR count). The lowest BCUT2D eigenvalue weighted by molar-refractivity contribution is -0.112. The maximum absolute atomic E-state index is 12.0. The molecule has 1 amide bonds. The average molecular weight is 285 g/mol. The molecular formula is C16H15NO2S. The molecule has 0 saturated heterocycles. The van der Waals surface area contributed by atoms with E-state index in [0.29, 0.717) is 11.3 Å². The Bertz CT molecular complexity index is 635. The molecule has 0 aliphatic rings. The molecule has 0 unspecified atom stereocenters. The summed E-state index contributed by atoms with van der Waals surface area (Å²) in [5, 5.41) is 2.63.